The quantitative estimate of drug-likeness (QED) is 0.567. The first-order chi connectivity index (χ1) is 10.2. The molecule has 2 rings (SSSR count). The molecule has 4 heteroatoms. The first-order valence-corrected chi connectivity index (χ1v) is 8.86. The average molecular weight is 293 g/mol. The zero-order chi connectivity index (χ0) is 15.0. The van der Waals surface area contributed by atoms with Crippen LogP contribution in [0.2, 0.25) is 0 Å². The van der Waals surface area contributed by atoms with Gasteiger partial charge in [0.2, 0.25) is 5.89 Å². The molecule has 0 radical (unpaired) electrons. The molecule has 0 bridgehead atoms. The van der Waals surface area contributed by atoms with Crippen LogP contribution in [0.3, 0.4) is 0 Å². The van der Waals surface area contributed by atoms with Crippen LogP contribution >= 0.6 is 0 Å². The summed E-state index contributed by atoms with van der Waals surface area (Å²) in [6.45, 7) is 2.25. The molecule has 0 aromatic carbocycles. The van der Waals surface area contributed by atoms with Crippen molar-refractivity contribution in [2.24, 2.45) is 5.73 Å². The van der Waals surface area contributed by atoms with Gasteiger partial charge in [0.25, 0.3) is 0 Å². The summed E-state index contributed by atoms with van der Waals surface area (Å²) in [5.74, 6) is 1.51. The normalized spacial score (nSPS) is 18.6. The lowest BCUT2D eigenvalue weighted by Gasteiger charge is -2.23. The fourth-order valence-corrected chi connectivity index (χ4v) is 3.20. The van der Waals surface area contributed by atoms with Gasteiger partial charge in [0.15, 0.2) is 5.82 Å². The molecule has 1 fully saturated rings. The van der Waals surface area contributed by atoms with E-state index in [0.29, 0.717) is 0 Å². The number of nitrogens with zero attached hydrogens (tertiary/aromatic N) is 2. The van der Waals surface area contributed by atoms with Gasteiger partial charge in [0.05, 0.1) is 5.54 Å². The first-order valence-electron chi connectivity index (χ1n) is 8.86. The molecule has 1 aliphatic carbocycles. The van der Waals surface area contributed by atoms with Crippen molar-refractivity contribution >= 4 is 0 Å². The Morgan fingerprint density at radius 1 is 1.00 bits per heavy atom. The highest BCUT2D eigenvalue weighted by molar-refractivity contribution is 5.04. The summed E-state index contributed by atoms with van der Waals surface area (Å²) in [5, 5.41) is 4.17. The zero-order valence-corrected chi connectivity index (χ0v) is 13.6. The second kappa shape index (κ2) is 8.52. The Balaban J connectivity index is 1.78. The van der Waals surface area contributed by atoms with Crippen LogP contribution in [0.25, 0.3) is 0 Å². The molecule has 1 aliphatic rings. The molecule has 1 aromatic rings. The Labute approximate surface area is 128 Å². The predicted octanol–water partition coefficient (Wildman–Crippen LogP) is 4.48. The number of hydrogen-bond acceptors (Lipinski definition) is 4. The van der Waals surface area contributed by atoms with E-state index < -0.39 is 0 Å². The van der Waals surface area contributed by atoms with E-state index in [1.165, 1.54) is 57.8 Å². The lowest BCUT2D eigenvalue weighted by Crippen LogP contribution is -2.37. The van der Waals surface area contributed by atoms with Crippen LogP contribution in [0.4, 0.5) is 0 Å². The zero-order valence-electron chi connectivity index (χ0n) is 13.6. The minimum Gasteiger partial charge on any atom is -0.339 e. The molecule has 21 heavy (non-hydrogen) atoms. The number of aryl methyl sites for hydroxylation is 1. The van der Waals surface area contributed by atoms with Crippen LogP contribution < -0.4 is 5.73 Å². The topological polar surface area (TPSA) is 64.9 Å². The molecule has 0 aliphatic heterocycles. The van der Waals surface area contributed by atoms with Crippen molar-refractivity contribution in [1.29, 1.82) is 0 Å². The molecule has 0 saturated heterocycles. The number of nitrogens with two attached hydrogens (primary N) is 1. The molecule has 1 heterocycles. The van der Waals surface area contributed by atoms with E-state index in [1.54, 1.807) is 0 Å². The van der Waals surface area contributed by atoms with Gasteiger partial charge >= 0.3 is 0 Å². The molecule has 0 unspecified atom stereocenters. The summed E-state index contributed by atoms with van der Waals surface area (Å²) in [5.41, 5.74) is 6.17. The molecule has 2 N–H and O–H groups in total. The second-order valence-electron chi connectivity index (χ2n) is 6.60. The van der Waals surface area contributed by atoms with Gasteiger partial charge in [-0.3, -0.25) is 0 Å². The highest BCUT2D eigenvalue weighted by atomic mass is 16.5. The molecule has 4 nitrogen and oxygen atoms in total. The largest absolute Gasteiger partial charge is 0.339 e. The van der Waals surface area contributed by atoms with Gasteiger partial charge < -0.3 is 10.3 Å². The van der Waals surface area contributed by atoms with E-state index in [4.69, 9.17) is 10.3 Å². The Bertz CT molecular complexity index is 394. The molecule has 0 spiro atoms. The third kappa shape index (κ3) is 5.10. The van der Waals surface area contributed by atoms with Crippen LogP contribution in [-0.2, 0) is 12.0 Å². The fraction of sp³-hybridized carbons (Fsp3) is 0.882. The minimum atomic E-state index is -0.348. The van der Waals surface area contributed by atoms with E-state index >= 15 is 0 Å². The summed E-state index contributed by atoms with van der Waals surface area (Å²) >= 11 is 0. The maximum atomic E-state index is 6.52. The van der Waals surface area contributed by atoms with Crippen molar-refractivity contribution in [2.75, 3.05) is 0 Å². The first kappa shape index (κ1) is 16.5. The number of unbranched alkanes of at least 4 members (excludes halogenated alkanes) is 5. The van der Waals surface area contributed by atoms with Crippen molar-refractivity contribution in [1.82, 2.24) is 10.1 Å². The Morgan fingerprint density at radius 3 is 2.38 bits per heavy atom. The van der Waals surface area contributed by atoms with Gasteiger partial charge in [0.1, 0.15) is 0 Å². The molecule has 1 aromatic heterocycles. The van der Waals surface area contributed by atoms with E-state index in [0.717, 1.165) is 37.4 Å². The Hall–Kier alpha value is -0.900. The van der Waals surface area contributed by atoms with Crippen molar-refractivity contribution < 1.29 is 4.52 Å². The van der Waals surface area contributed by atoms with Gasteiger partial charge in [0, 0.05) is 6.42 Å². The van der Waals surface area contributed by atoms with Crippen molar-refractivity contribution in [2.45, 2.75) is 95.9 Å². The maximum Gasteiger partial charge on any atom is 0.226 e. The van der Waals surface area contributed by atoms with Crippen molar-refractivity contribution in [3.05, 3.63) is 11.7 Å². The minimum absolute atomic E-state index is 0.348. The summed E-state index contributed by atoms with van der Waals surface area (Å²) < 4.78 is 5.41. The summed E-state index contributed by atoms with van der Waals surface area (Å²) in [4.78, 5) is 4.58. The van der Waals surface area contributed by atoms with Gasteiger partial charge in [-0.2, -0.15) is 4.98 Å². The van der Waals surface area contributed by atoms with Gasteiger partial charge in [-0.05, 0) is 19.3 Å². The average Bonchev–Trinajstić information content (AvgIpc) is 2.85. The third-order valence-corrected chi connectivity index (χ3v) is 4.65. The molecular weight excluding hydrogens is 262 g/mol. The molecule has 1 saturated carbocycles. The molecule has 0 amide bonds. The number of aromatic nitrogens is 2. The molecule has 120 valence electrons. The second-order valence-corrected chi connectivity index (χ2v) is 6.60. The third-order valence-electron chi connectivity index (χ3n) is 4.65. The molecule has 0 atom stereocenters. The summed E-state index contributed by atoms with van der Waals surface area (Å²) in [6, 6.07) is 0. The monoisotopic (exact) mass is 293 g/mol. The predicted molar refractivity (Wildman–Crippen MR) is 84.9 cm³/mol. The van der Waals surface area contributed by atoms with E-state index in [2.05, 4.69) is 17.1 Å². The molecular formula is C17H31N3O. The fourth-order valence-electron chi connectivity index (χ4n) is 3.20. The Morgan fingerprint density at radius 2 is 1.67 bits per heavy atom. The van der Waals surface area contributed by atoms with E-state index in [-0.39, 0.29) is 5.54 Å². The standard InChI is InChI=1S/C17H31N3O/c1-2-3-4-5-6-9-12-15-19-16(20-21-15)17(18)13-10-7-8-11-14-17/h2-14,18H2,1H3. The van der Waals surface area contributed by atoms with Gasteiger partial charge in [-0.25, -0.2) is 0 Å². The highest BCUT2D eigenvalue weighted by Crippen LogP contribution is 2.32. The van der Waals surface area contributed by atoms with Crippen LogP contribution in [0.5, 0.6) is 0 Å². The summed E-state index contributed by atoms with van der Waals surface area (Å²) in [6.07, 6.45) is 15.5. The van der Waals surface area contributed by atoms with Gasteiger partial charge in [-0.1, -0.05) is 69.9 Å². The van der Waals surface area contributed by atoms with Crippen molar-refractivity contribution in [3.63, 3.8) is 0 Å². The van der Waals surface area contributed by atoms with Gasteiger partial charge in [-0.15, -0.1) is 0 Å². The maximum absolute atomic E-state index is 6.52. The highest BCUT2D eigenvalue weighted by Gasteiger charge is 2.33. The van der Waals surface area contributed by atoms with Crippen LogP contribution in [0.1, 0.15) is 95.7 Å². The summed E-state index contributed by atoms with van der Waals surface area (Å²) in [7, 11) is 0. The van der Waals surface area contributed by atoms with E-state index in [9.17, 15) is 0 Å². The van der Waals surface area contributed by atoms with Crippen molar-refractivity contribution in [3.8, 4) is 0 Å². The van der Waals surface area contributed by atoms with Crippen LogP contribution in [0, 0.1) is 0 Å². The lowest BCUT2D eigenvalue weighted by atomic mass is 9.91. The van der Waals surface area contributed by atoms with E-state index in [1.807, 2.05) is 0 Å². The van der Waals surface area contributed by atoms with Crippen LogP contribution in [-0.4, -0.2) is 10.1 Å². The lowest BCUT2D eigenvalue weighted by molar-refractivity contribution is 0.323. The Kier molecular flexibility index (Phi) is 6.68. The van der Waals surface area contributed by atoms with Crippen LogP contribution in [0.15, 0.2) is 4.52 Å². The smallest absolute Gasteiger partial charge is 0.226 e. The number of rotatable bonds is 8. The SMILES string of the molecule is CCCCCCCCc1nc(C2(N)CCCCCC2)no1. The number of hydrogen-bond donors (Lipinski definition) is 1.